The van der Waals surface area contributed by atoms with Gasteiger partial charge in [-0.15, -0.1) is 6.58 Å². The van der Waals surface area contributed by atoms with Gasteiger partial charge in [-0.05, 0) is 63.7 Å². The van der Waals surface area contributed by atoms with Crippen LogP contribution in [0.1, 0.15) is 70.9 Å². The fourth-order valence-corrected chi connectivity index (χ4v) is 8.36. The Labute approximate surface area is 319 Å². The van der Waals surface area contributed by atoms with E-state index >= 15 is 0 Å². The molecule has 5 rings (SSSR count). The highest BCUT2D eigenvalue weighted by atomic mass is 32.2. The first-order chi connectivity index (χ1) is 25.8. The topological polar surface area (TPSA) is 201 Å². The Bertz CT molecular complexity index is 1860. The minimum atomic E-state index is -3.95. The lowest BCUT2D eigenvalue weighted by Gasteiger charge is -2.32. The Morgan fingerprint density at radius 3 is 2.42 bits per heavy atom. The van der Waals surface area contributed by atoms with Crippen LogP contribution in [0.15, 0.2) is 43.5 Å². The van der Waals surface area contributed by atoms with E-state index in [0.29, 0.717) is 30.4 Å². The maximum atomic E-state index is 14.5. The van der Waals surface area contributed by atoms with Gasteiger partial charge in [0.1, 0.15) is 35.1 Å². The number of likely N-dealkylation sites (tertiary alicyclic amines) is 1. The predicted molar refractivity (Wildman–Crippen MR) is 196 cm³/mol. The van der Waals surface area contributed by atoms with Crippen molar-refractivity contribution in [1.82, 2.24) is 30.1 Å². The molecular formula is C37H49FN6O10S. The summed E-state index contributed by atoms with van der Waals surface area (Å²) in [5, 5.41) is 4.53. The molecule has 300 valence electrons. The summed E-state index contributed by atoms with van der Waals surface area (Å²) in [5.74, 6) is -4.00. The molecule has 0 aromatic heterocycles. The number of nitrogens with zero attached hydrogens (tertiary/aromatic N) is 3. The number of hydrogen-bond donors (Lipinski definition) is 3. The summed E-state index contributed by atoms with van der Waals surface area (Å²) in [7, 11) is -3.95. The molecule has 3 fully saturated rings. The minimum Gasteiger partial charge on any atom is -0.444 e. The largest absolute Gasteiger partial charge is 0.444 e. The molecule has 2 heterocycles. The smallest absolute Gasteiger partial charge is 0.410 e. The van der Waals surface area contributed by atoms with Gasteiger partial charge in [-0.25, -0.2) is 22.4 Å². The van der Waals surface area contributed by atoms with Gasteiger partial charge in [0.2, 0.25) is 27.7 Å². The van der Waals surface area contributed by atoms with Gasteiger partial charge < -0.3 is 29.9 Å². The summed E-state index contributed by atoms with van der Waals surface area (Å²) < 4.78 is 53.2. The molecule has 1 saturated heterocycles. The molecule has 3 N–H and O–H groups in total. The maximum absolute atomic E-state index is 14.5. The van der Waals surface area contributed by atoms with Crippen LogP contribution in [-0.2, 0) is 51.8 Å². The van der Waals surface area contributed by atoms with Crippen molar-refractivity contribution in [3.05, 3.63) is 60.5 Å². The van der Waals surface area contributed by atoms with Gasteiger partial charge in [0, 0.05) is 25.1 Å². The molecular weight excluding hydrogens is 740 g/mol. The van der Waals surface area contributed by atoms with Crippen LogP contribution in [0, 0.1) is 11.7 Å². The van der Waals surface area contributed by atoms with Crippen LogP contribution in [0.25, 0.3) is 0 Å². The Morgan fingerprint density at radius 2 is 1.84 bits per heavy atom. The van der Waals surface area contributed by atoms with Crippen molar-refractivity contribution in [3.63, 3.8) is 0 Å². The third kappa shape index (κ3) is 9.45. The first kappa shape index (κ1) is 41.2. The van der Waals surface area contributed by atoms with Crippen LogP contribution in [0.3, 0.4) is 0 Å². The number of rotatable bonds is 14. The lowest BCUT2D eigenvalue weighted by Crippen LogP contribution is -2.60. The maximum Gasteiger partial charge on any atom is 0.410 e. The van der Waals surface area contributed by atoms with Gasteiger partial charge in [0.05, 0.1) is 24.9 Å². The van der Waals surface area contributed by atoms with E-state index in [1.54, 1.807) is 33.8 Å². The zero-order valence-electron chi connectivity index (χ0n) is 31.5. The first-order valence-corrected chi connectivity index (χ1v) is 19.8. The van der Waals surface area contributed by atoms with E-state index in [1.165, 1.54) is 28.0 Å². The second-order valence-electron chi connectivity index (χ2n) is 15.4. The zero-order chi connectivity index (χ0) is 40.5. The van der Waals surface area contributed by atoms with E-state index in [-0.39, 0.29) is 39.0 Å². The lowest BCUT2D eigenvalue weighted by atomic mass is 10.1. The van der Waals surface area contributed by atoms with E-state index in [9.17, 15) is 41.6 Å². The van der Waals surface area contributed by atoms with Crippen molar-refractivity contribution < 1.29 is 51.0 Å². The minimum absolute atomic E-state index is 0.0343. The Kier molecular flexibility index (Phi) is 12.0. The number of carbonyl (C=O) groups is 6. The molecule has 18 heteroatoms. The number of fused-ring (bicyclic) bond motifs is 1. The van der Waals surface area contributed by atoms with Gasteiger partial charge in [0.25, 0.3) is 5.91 Å². The van der Waals surface area contributed by atoms with Gasteiger partial charge in [0.15, 0.2) is 0 Å². The summed E-state index contributed by atoms with van der Waals surface area (Å²) in [6, 6.07) is 1.63. The molecule has 5 atom stereocenters. The lowest BCUT2D eigenvalue weighted by molar-refractivity contribution is -0.142. The Balaban J connectivity index is 1.42. The highest BCUT2D eigenvalue weighted by molar-refractivity contribution is 7.91. The van der Waals surface area contributed by atoms with Crippen molar-refractivity contribution in [2.24, 2.45) is 5.92 Å². The quantitative estimate of drug-likeness (QED) is 0.186. The number of sulfonamides is 1. The van der Waals surface area contributed by atoms with Gasteiger partial charge in [-0.1, -0.05) is 38.1 Å². The van der Waals surface area contributed by atoms with Gasteiger partial charge in [-0.2, -0.15) is 0 Å². The molecule has 5 unspecified atom stereocenters. The second-order valence-corrected chi connectivity index (χ2v) is 17.3. The fourth-order valence-electron chi connectivity index (χ4n) is 6.99. The molecule has 0 bridgehead atoms. The molecule has 2 aliphatic carbocycles. The van der Waals surface area contributed by atoms with Crippen molar-refractivity contribution in [2.75, 3.05) is 19.6 Å². The first-order valence-electron chi connectivity index (χ1n) is 18.2. The summed E-state index contributed by atoms with van der Waals surface area (Å²) >= 11 is 0. The molecule has 1 aromatic rings. The number of halogens is 1. The van der Waals surface area contributed by atoms with Crippen LogP contribution in [0.2, 0.25) is 0 Å². The highest BCUT2D eigenvalue weighted by Crippen LogP contribution is 2.47. The number of carbonyl (C=O) groups excluding carboxylic acids is 6. The number of nitrogens with one attached hydrogen (secondary N) is 3. The molecule has 0 spiro atoms. The zero-order valence-corrected chi connectivity index (χ0v) is 32.3. The van der Waals surface area contributed by atoms with Crippen LogP contribution in [-0.4, -0.2) is 113 Å². The van der Waals surface area contributed by atoms with Gasteiger partial charge in [-0.3, -0.25) is 28.8 Å². The third-order valence-corrected chi connectivity index (χ3v) is 11.9. The summed E-state index contributed by atoms with van der Waals surface area (Å²) in [6.45, 7) is 13.0. The number of hydrogen-bond acceptors (Lipinski definition) is 10. The fraction of sp³-hybridized carbons (Fsp3) is 0.568. The van der Waals surface area contributed by atoms with Crippen LogP contribution in [0.4, 0.5) is 14.0 Å². The molecule has 6 amide bonds. The number of benzene rings is 1. The average Bonchev–Trinajstić information content (AvgIpc) is 4.00. The average molecular weight is 789 g/mol. The van der Waals surface area contributed by atoms with Crippen LogP contribution < -0.4 is 15.4 Å². The number of amides is 6. The summed E-state index contributed by atoms with van der Waals surface area (Å²) in [6.07, 6.45) is 0.714. The molecule has 1 aromatic carbocycles. The van der Waals surface area contributed by atoms with Crippen molar-refractivity contribution in [1.29, 1.82) is 0 Å². The summed E-state index contributed by atoms with van der Waals surface area (Å²) in [5.41, 5.74) is -1.59. The van der Waals surface area contributed by atoms with Crippen molar-refractivity contribution in [2.45, 2.75) is 107 Å². The van der Waals surface area contributed by atoms with E-state index in [0.717, 1.165) is 11.0 Å². The Morgan fingerprint density at radius 1 is 1.13 bits per heavy atom. The van der Waals surface area contributed by atoms with Crippen LogP contribution in [0.5, 0.6) is 0 Å². The van der Waals surface area contributed by atoms with Crippen molar-refractivity contribution in [3.8, 4) is 0 Å². The molecule has 4 aliphatic rings. The molecule has 2 aliphatic heterocycles. The molecule has 16 nitrogen and oxygen atoms in total. The van der Waals surface area contributed by atoms with Crippen LogP contribution >= 0.6 is 0 Å². The summed E-state index contributed by atoms with van der Waals surface area (Å²) in [4.78, 5) is 85.1. The molecule has 0 radical (unpaired) electrons. The SMILES string of the molecule is C=CCN(CC(NC(=O)OC(C)(C)C)C(=O)N1CC(OC(=O)N2Cc3cccc(F)c3C2)CC1C(=O)NC1(C(=O)NS(=O)(=O)C2CC2)CC1CC)C(=O)C=C. The third-order valence-electron chi connectivity index (χ3n) is 10.1. The van der Waals surface area contributed by atoms with Gasteiger partial charge >= 0.3 is 12.2 Å². The highest BCUT2D eigenvalue weighted by Gasteiger charge is 2.62. The van der Waals surface area contributed by atoms with E-state index < -0.39 is 98.7 Å². The number of alkyl carbamates (subject to hydrolysis) is 1. The molecule has 55 heavy (non-hydrogen) atoms. The van der Waals surface area contributed by atoms with E-state index in [1.807, 2.05) is 0 Å². The predicted octanol–water partition coefficient (Wildman–Crippen LogP) is 2.23. The normalized spacial score (nSPS) is 23.5. The standard InChI is InChI=1S/C37H49FN6O10S/c1-7-15-42(30(45)9-3)21-28(39-34(49)54-36(4,5)6)32(47)44-19-24(53-35(50)43-18-22-11-10-12-27(38)26(22)20-43)16-29(44)31(46)40-37(17-23(37)8-2)33(48)41-55(51,52)25-13-14-25/h7,9-12,23-25,28-29H,1,3,8,13-21H2,2,4-6H3,(H,39,49)(H,40,46)(H,41,48). The Hall–Kier alpha value is -5.00. The number of ether oxygens (including phenoxy) is 2. The molecule has 2 saturated carbocycles. The monoisotopic (exact) mass is 788 g/mol. The van der Waals surface area contributed by atoms with Crippen molar-refractivity contribution >= 4 is 45.8 Å². The van der Waals surface area contributed by atoms with E-state index in [2.05, 4.69) is 28.5 Å². The van der Waals surface area contributed by atoms with E-state index in [4.69, 9.17) is 9.47 Å². The second kappa shape index (κ2) is 16.0.